The molecule has 2 amide bonds. The minimum Gasteiger partial charge on any atom is -0.352 e. The number of nitrogens with zero attached hydrogens (tertiary/aromatic N) is 1. The molecule has 0 saturated carbocycles. The molecule has 3 aromatic rings. The third kappa shape index (κ3) is 5.14. The van der Waals surface area contributed by atoms with Gasteiger partial charge in [-0.05, 0) is 62.0 Å². The van der Waals surface area contributed by atoms with Crippen LogP contribution in [0.3, 0.4) is 0 Å². The SMILES string of the molecule is CC(C(=O)Nc1cccc2ccccc12)N1CCC(C(=O)NCc2ccc(F)cc2)CC1. The fraction of sp³-hybridized carbons (Fsp3) is 0.308. The normalized spacial score (nSPS) is 15.9. The van der Waals surface area contributed by atoms with E-state index >= 15 is 0 Å². The molecule has 1 saturated heterocycles. The number of rotatable bonds is 6. The van der Waals surface area contributed by atoms with Gasteiger partial charge < -0.3 is 10.6 Å². The number of benzene rings is 3. The molecule has 1 heterocycles. The minimum atomic E-state index is -0.286. The molecule has 32 heavy (non-hydrogen) atoms. The number of amides is 2. The fourth-order valence-electron chi connectivity index (χ4n) is 4.22. The Kier molecular flexibility index (Phi) is 6.81. The van der Waals surface area contributed by atoms with Gasteiger partial charge in [0.25, 0.3) is 0 Å². The van der Waals surface area contributed by atoms with Gasteiger partial charge in [0.05, 0.1) is 6.04 Å². The lowest BCUT2D eigenvalue weighted by atomic mass is 9.94. The Bertz CT molecular complexity index is 1090. The van der Waals surface area contributed by atoms with E-state index in [0.717, 1.165) is 22.0 Å². The summed E-state index contributed by atoms with van der Waals surface area (Å²) < 4.78 is 13.0. The topological polar surface area (TPSA) is 61.4 Å². The zero-order valence-electron chi connectivity index (χ0n) is 18.2. The lowest BCUT2D eigenvalue weighted by Gasteiger charge is -2.34. The van der Waals surface area contributed by atoms with Gasteiger partial charge in [0.15, 0.2) is 0 Å². The van der Waals surface area contributed by atoms with E-state index in [1.54, 1.807) is 12.1 Å². The number of carbonyl (C=O) groups is 2. The van der Waals surface area contributed by atoms with Gasteiger partial charge in [0, 0.05) is 23.5 Å². The number of anilines is 1. The molecular formula is C26H28FN3O2. The van der Waals surface area contributed by atoms with Crippen LogP contribution in [-0.2, 0) is 16.1 Å². The fourth-order valence-corrected chi connectivity index (χ4v) is 4.22. The summed E-state index contributed by atoms with van der Waals surface area (Å²) >= 11 is 0. The van der Waals surface area contributed by atoms with Crippen LogP contribution in [0.25, 0.3) is 10.8 Å². The Labute approximate surface area is 187 Å². The van der Waals surface area contributed by atoms with E-state index < -0.39 is 0 Å². The van der Waals surface area contributed by atoms with Crippen molar-refractivity contribution in [1.29, 1.82) is 0 Å². The quantitative estimate of drug-likeness (QED) is 0.608. The lowest BCUT2D eigenvalue weighted by Crippen LogP contribution is -2.48. The second-order valence-corrected chi connectivity index (χ2v) is 8.35. The first kappa shape index (κ1) is 22.0. The van der Waals surface area contributed by atoms with E-state index in [2.05, 4.69) is 15.5 Å². The zero-order chi connectivity index (χ0) is 22.5. The molecule has 1 fully saturated rings. The van der Waals surface area contributed by atoms with Crippen LogP contribution in [0.5, 0.6) is 0 Å². The number of nitrogens with one attached hydrogen (secondary N) is 2. The number of hydrogen-bond acceptors (Lipinski definition) is 3. The smallest absolute Gasteiger partial charge is 0.241 e. The summed E-state index contributed by atoms with van der Waals surface area (Å²) in [5.74, 6) is -0.381. The maximum absolute atomic E-state index is 13.0. The van der Waals surface area contributed by atoms with Crippen LogP contribution in [0.4, 0.5) is 10.1 Å². The van der Waals surface area contributed by atoms with E-state index in [-0.39, 0.29) is 29.6 Å². The third-order valence-corrected chi connectivity index (χ3v) is 6.26. The van der Waals surface area contributed by atoms with Crippen molar-refractivity contribution in [3.63, 3.8) is 0 Å². The molecule has 0 aromatic heterocycles. The molecule has 4 rings (SSSR count). The van der Waals surface area contributed by atoms with E-state index in [0.29, 0.717) is 32.5 Å². The summed E-state index contributed by atoms with van der Waals surface area (Å²) in [4.78, 5) is 27.6. The molecule has 1 unspecified atom stereocenters. The average Bonchev–Trinajstić information content (AvgIpc) is 2.83. The van der Waals surface area contributed by atoms with E-state index in [4.69, 9.17) is 0 Å². The van der Waals surface area contributed by atoms with Crippen LogP contribution in [0.2, 0.25) is 0 Å². The Morgan fingerprint density at radius 1 is 1.00 bits per heavy atom. The molecule has 5 nitrogen and oxygen atoms in total. The second kappa shape index (κ2) is 9.92. The number of likely N-dealkylation sites (tertiary alicyclic amines) is 1. The van der Waals surface area contributed by atoms with Crippen molar-refractivity contribution in [1.82, 2.24) is 10.2 Å². The second-order valence-electron chi connectivity index (χ2n) is 8.35. The van der Waals surface area contributed by atoms with Gasteiger partial charge in [-0.3, -0.25) is 14.5 Å². The standard InChI is InChI=1S/C26H28FN3O2/c1-18(25(31)29-24-8-4-6-20-5-2-3-7-23(20)24)30-15-13-21(14-16-30)26(32)28-17-19-9-11-22(27)12-10-19/h2-12,18,21H,13-17H2,1H3,(H,28,32)(H,29,31). The minimum absolute atomic E-state index is 0.0156. The molecule has 0 bridgehead atoms. The van der Waals surface area contributed by atoms with E-state index in [1.165, 1.54) is 12.1 Å². The predicted octanol–water partition coefficient (Wildman–Crippen LogP) is 4.33. The summed E-state index contributed by atoms with van der Waals surface area (Å²) in [6, 6.07) is 19.7. The molecule has 1 atom stereocenters. The van der Waals surface area contributed by atoms with Crippen LogP contribution in [0.1, 0.15) is 25.3 Å². The first-order valence-electron chi connectivity index (χ1n) is 11.1. The van der Waals surface area contributed by atoms with Crippen LogP contribution < -0.4 is 10.6 Å². The monoisotopic (exact) mass is 433 g/mol. The maximum atomic E-state index is 13.0. The van der Waals surface area contributed by atoms with Gasteiger partial charge in [-0.2, -0.15) is 0 Å². The predicted molar refractivity (Wildman–Crippen MR) is 125 cm³/mol. The highest BCUT2D eigenvalue weighted by molar-refractivity contribution is 6.03. The van der Waals surface area contributed by atoms with Crippen LogP contribution in [-0.4, -0.2) is 35.8 Å². The van der Waals surface area contributed by atoms with Crippen molar-refractivity contribution >= 4 is 28.3 Å². The summed E-state index contributed by atoms with van der Waals surface area (Å²) in [5.41, 5.74) is 1.69. The summed E-state index contributed by atoms with van der Waals surface area (Å²) in [6.45, 7) is 3.69. The van der Waals surface area contributed by atoms with Gasteiger partial charge in [-0.15, -0.1) is 0 Å². The summed E-state index contributed by atoms with van der Waals surface area (Å²) in [6.07, 6.45) is 1.42. The van der Waals surface area contributed by atoms with Crippen LogP contribution >= 0.6 is 0 Å². The molecular weight excluding hydrogens is 405 g/mol. The van der Waals surface area contributed by atoms with Crippen molar-refractivity contribution in [3.8, 4) is 0 Å². The number of halogens is 1. The Hall–Kier alpha value is -3.25. The molecule has 3 aromatic carbocycles. The van der Waals surface area contributed by atoms with Gasteiger partial charge in [-0.1, -0.05) is 48.5 Å². The lowest BCUT2D eigenvalue weighted by molar-refractivity contribution is -0.127. The largest absolute Gasteiger partial charge is 0.352 e. The Balaban J connectivity index is 1.28. The maximum Gasteiger partial charge on any atom is 0.241 e. The van der Waals surface area contributed by atoms with Crippen LogP contribution in [0, 0.1) is 11.7 Å². The third-order valence-electron chi connectivity index (χ3n) is 6.26. The Morgan fingerprint density at radius 3 is 2.44 bits per heavy atom. The molecule has 0 radical (unpaired) electrons. The molecule has 2 N–H and O–H groups in total. The molecule has 0 spiro atoms. The first-order chi connectivity index (χ1) is 15.5. The summed E-state index contributed by atoms with van der Waals surface area (Å²) in [7, 11) is 0. The van der Waals surface area contributed by atoms with Gasteiger partial charge >= 0.3 is 0 Å². The van der Waals surface area contributed by atoms with Crippen molar-refractivity contribution in [2.45, 2.75) is 32.4 Å². The Morgan fingerprint density at radius 2 is 1.69 bits per heavy atom. The van der Waals surface area contributed by atoms with Crippen molar-refractivity contribution in [3.05, 3.63) is 78.1 Å². The zero-order valence-corrected chi connectivity index (χ0v) is 18.2. The molecule has 1 aliphatic rings. The van der Waals surface area contributed by atoms with Gasteiger partial charge in [0.1, 0.15) is 5.82 Å². The molecule has 166 valence electrons. The highest BCUT2D eigenvalue weighted by atomic mass is 19.1. The molecule has 0 aliphatic carbocycles. The van der Waals surface area contributed by atoms with Crippen molar-refractivity contribution < 1.29 is 14.0 Å². The highest BCUT2D eigenvalue weighted by Crippen LogP contribution is 2.24. The average molecular weight is 434 g/mol. The number of piperidine rings is 1. The number of carbonyl (C=O) groups excluding carboxylic acids is 2. The molecule has 1 aliphatic heterocycles. The summed E-state index contributed by atoms with van der Waals surface area (Å²) in [5, 5.41) is 8.13. The number of fused-ring (bicyclic) bond motifs is 1. The van der Waals surface area contributed by atoms with E-state index in [1.807, 2.05) is 49.4 Å². The van der Waals surface area contributed by atoms with Crippen LogP contribution in [0.15, 0.2) is 66.7 Å². The van der Waals surface area contributed by atoms with Gasteiger partial charge in [0.2, 0.25) is 11.8 Å². The van der Waals surface area contributed by atoms with Crippen molar-refractivity contribution in [2.24, 2.45) is 5.92 Å². The number of hydrogen-bond donors (Lipinski definition) is 2. The van der Waals surface area contributed by atoms with E-state index in [9.17, 15) is 14.0 Å². The van der Waals surface area contributed by atoms with Gasteiger partial charge in [-0.25, -0.2) is 4.39 Å². The highest BCUT2D eigenvalue weighted by Gasteiger charge is 2.29. The molecule has 6 heteroatoms. The first-order valence-corrected chi connectivity index (χ1v) is 11.1. The van der Waals surface area contributed by atoms with Crippen molar-refractivity contribution in [2.75, 3.05) is 18.4 Å².